The first-order valence-corrected chi connectivity index (χ1v) is 3.36. The normalized spacial score (nSPS) is 9.00. The minimum Gasteiger partial charge on any atom is -0.351 e. The number of hydrogen-bond donors (Lipinski definition) is 1. The second-order valence-corrected chi connectivity index (χ2v) is 2.20. The molecule has 2 rings (SSSR count). The van der Waals surface area contributed by atoms with Gasteiger partial charge < -0.3 is 4.98 Å². The molecule has 0 aliphatic heterocycles. The predicted octanol–water partition coefficient (Wildman–Crippen LogP) is 0.823. The van der Waals surface area contributed by atoms with Crippen LogP contribution in [0.4, 0.5) is 0 Å². The Morgan fingerprint density at radius 1 is 1.33 bits per heavy atom. The van der Waals surface area contributed by atoms with E-state index in [1.54, 1.807) is 18.7 Å². The van der Waals surface area contributed by atoms with Gasteiger partial charge in [-0.3, -0.25) is 4.98 Å². The van der Waals surface area contributed by atoms with Gasteiger partial charge >= 0.3 is 29.6 Å². The van der Waals surface area contributed by atoms with E-state index in [9.17, 15) is 0 Å². The zero-order valence-corrected chi connectivity index (χ0v) is 5.86. The first-order chi connectivity index (χ1) is 5.47. The van der Waals surface area contributed by atoms with Crippen molar-refractivity contribution in [2.45, 2.75) is 0 Å². The minimum atomic E-state index is 0. The van der Waals surface area contributed by atoms with E-state index in [4.69, 9.17) is 0 Å². The van der Waals surface area contributed by atoms with Gasteiger partial charge in [0.1, 0.15) is 0 Å². The number of aromatic nitrogens is 3. The minimum absolute atomic E-state index is 0. The monoisotopic (exact) mass is 169 g/mol. The Labute approximate surface area is 92.6 Å². The van der Waals surface area contributed by atoms with Gasteiger partial charge in [-0.15, -0.1) is 0 Å². The molecule has 0 radical (unpaired) electrons. The summed E-state index contributed by atoms with van der Waals surface area (Å²) in [6, 6.07) is 3.87. The van der Waals surface area contributed by atoms with Gasteiger partial charge in [-0.1, -0.05) is 0 Å². The molecule has 0 aromatic carbocycles. The molecule has 4 heteroatoms. The third-order valence-electron chi connectivity index (χ3n) is 1.46. The van der Waals surface area contributed by atoms with Crippen molar-refractivity contribution >= 4 is 29.6 Å². The number of rotatable bonds is 1. The average Bonchev–Trinajstić information content (AvgIpc) is 2.58. The molecule has 1 N–H and O–H groups in total. The SMILES string of the molecule is [NaH].c1cncc(-c2c[nH]cn2)c1. The number of pyridine rings is 1. The topological polar surface area (TPSA) is 41.6 Å². The summed E-state index contributed by atoms with van der Waals surface area (Å²) < 4.78 is 0. The van der Waals surface area contributed by atoms with E-state index in [1.165, 1.54) is 0 Å². The van der Waals surface area contributed by atoms with Crippen LogP contribution in [0.25, 0.3) is 11.3 Å². The van der Waals surface area contributed by atoms with Gasteiger partial charge in [0.05, 0.1) is 12.0 Å². The maximum Gasteiger partial charge on any atom is 0.0927 e. The molecule has 0 bridgehead atoms. The van der Waals surface area contributed by atoms with Crippen molar-refractivity contribution < 1.29 is 0 Å². The number of aromatic amines is 1. The van der Waals surface area contributed by atoms with Gasteiger partial charge in [-0.25, -0.2) is 4.98 Å². The zero-order chi connectivity index (χ0) is 7.52. The van der Waals surface area contributed by atoms with Crippen molar-refractivity contribution in [2.24, 2.45) is 0 Å². The van der Waals surface area contributed by atoms with Crippen molar-refractivity contribution in [3.8, 4) is 11.3 Å². The summed E-state index contributed by atoms with van der Waals surface area (Å²) in [6.07, 6.45) is 7.03. The quantitative estimate of drug-likeness (QED) is 0.642. The molecule has 3 nitrogen and oxygen atoms in total. The smallest absolute Gasteiger partial charge is 0.0927 e. The summed E-state index contributed by atoms with van der Waals surface area (Å²) in [5, 5.41) is 0. The molecule has 0 atom stereocenters. The molecule has 0 aliphatic carbocycles. The number of hydrogen-bond acceptors (Lipinski definition) is 2. The fraction of sp³-hybridized carbons (Fsp3) is 0. The number of nitrogens with zero attached hydrogens (tertiary/aromatic N) is 2. The van der Waals surface area contributed by atoms with Crippen LogP contribution in [0, 0.1) is 0 Å². The Kier molecular flexibility index (Phi) is 3.47. The van der Waals surface area contributed by atoms with Crippen LogP contribution in [0.2, 0.25) is 0 Å². The summed E-state index contributed by atoms with van der Waals surface area (Å²) in [7, 11) is 0. The van der Waals surface area contributed by atoms with E-state index in [2.05, 4.69) is 15.0 Å². The molecule has 0 unspecified atom stereocenters. The van der Waals surface area contributed by atoms with Crippen LogP contribution >= 0.6 is 0 Å². The Bertz CT molecular complexity index is 317. The Morgan fingerprint density at radius 3 is 2.83 bits per heavy atom. The van der Waals surface area contributed by atoms with Gasteiger partial charge in [0.25, 0.3) is 0 Å². The molecular formula is C8H8N3Na. The molecule has 12 heavy (non-hydrogen) atoms. The first-order valence-electron chi connectivity index (χ1n) is 3.36. The van der Waals surface area contributed by atoms with Gasteiger partial charge in [0.2, 0.25) is 0 Å². The molecule has 0 saturated heterocycles. The van der Waals surface area contributed by atoms with Crippen LogP contribution in [0.1, 0.15) is 0 Å². The van der Waals surface area contributed by atoms with Crippen molar-refractivity contribution in [2.75, 3.05) is 0 Å². The van der Waals surface area contributed by atoms with Crippen molar-refractivity contribution in [3.63, 3.8) is 0 Å². The molecule has 2 heterocycles. The largest absolute Gasteiger partial charge is 0.351 e. The zero-order valence-electron chi connectivity index (χ0n) is 5.86. The van der Waals surface area contributed by atoms with Crippen molar-refractivity contribution in [1.82, 2.24) is 15.0 Å². The van der Waals surface area contributed by atoms with Crippen LogP contribution in [0.5, 0.6) is 0 Å². The van der Waals surface area contributed by atoms with Crippen LogP contribution < -0.4 is 0 Å². The number of imidazole rings is 1. The Hall–Kier alpha value is -0.640. The van der Waals surface area contributed by atoms with Crippen LogP contribution in [-0.2, 0) is 0 Å². The summed E-state index contributed by atoms with van der Waals surface area (Å²) in [5.74, 6) is 0. The standard InChI is InChI=1S/C8H7N3.Na.H/c1-2-7(4-9-3-1)8-5-10-6-11-8;;/h1-6H,(H,10,11);;. The fourth-order valence-electron chi connectivity index (χ4n) is 0.932. The Morgan fingerprint density at radius 2 is 2.25 bits per heavy atom. The fourth-order valence-corrected chi connectivity index (χ4v) is 0.932. The van der Waals surface area contributed by atoms with Crippen LogP contribution in [-0.4, -0.2) is 44.5 Å². The summed E-state index contributed by atoms with van der Waals surface area (Å²) in [4.78, 5) is 11.0. The molecule has 0 aliphatic rings. The molecule has 56 valence electrons. The summed E-state index contributed by atoms with van der Waals surface area (Å²) in [6.45, 7) is 0. The van der Waals surface area contributed by atoms with Gasteiger partial charge in [0.15, 0.2) is 0 Å². The molecule has 2 aromatic heterocycles. The van der Waals surface area contributed by atoms with E-state index in [0.29, 0.717) is 0 Å². The molecule has 0 saturated carbocycles. The van der Waals surface area contributed by atoms with Gasteiger partial charge in [-0.2, -0.15) is 0 Å². The van der Waals surface area contributed by atoms with E-state index in [1.807, 2.05) is 18.3 Å². The van der Waals surface area contributed by atoms with Crippen molar-refractivity contribution in [1.29, 1.82) is 0 Å². The van der Waals surface area contributed by atoms with E-state index < -0.39 is 0 Å². The second kappa shape index (κ2) is 4.40. The van der Waals surface area contributed by atoms with Gasteiger partial charge in [0, 0.05) is 24.2 Å². The molecule has 0 fully saturated rings. The van der Waals surface area contributed by atoms with E-state index >= 15 is 0 Å². The van der Waals surface area contributed by atoms with Crippen LogP contribution in [0.15, 0.2) is 37.1 Å². The number of nitrogens with one attached hydrogen (secondary N) is 1. The third kappa shape index (κ3) is 1.94. The molecular weight excluding hydrogens is 161 g/mol. The summed E-state index contributed by atoms with van der Waals surface area (Å²) >= 11 is 0. The second-order valence-electron chi connectivity index (χ2n) is 2.20. The average molecular weight is 169 g/mol. The molecule has 2 aromatic rings. The third-order valence-corrected chi connectivity index (χ3v) is 1.46. The molecule has 0 spiro atoms. The Balaban J connectivity index is 0.000000720. The number of H-pyrrole nitrogens is 1. The van der Waals surface area contributed by atoms with Crippen LogP contribution in [0.3, 0.4) is 0 Å². The van der Waals surface area contributed by atoms with Crippen molar-refractivity contribution in [3.05, 3.63) is 37.1 Å². The first kappa shape index (κ1) is 9.45. The maximum absolute atomic E-state index is 4.09. The maximum atomic E-state index is 4.09. The predicted molar refractivity (Wildman–Crippen MR) is 49.0 cm³/mol. The molecule has 0 amide bonds. The van der Waals surface area contributed by atoms with E-state index in [-0.39, 0.29) is 29.6 Å². The van der Waals surface area contributed by atoms with Gasteiger partial charge in [-0.05, 0) is 12.1 Å². The van der Waals surface area contributed by atoms with E-state index in [0.717, 1.165) is 11.3 Å². The summed E-state index contributed by atoms with van der Waals surface area (Å²) in [5.41, 5.74) is 1.96.